The minimum atomic E-state index is 0.173. The molecule has 1 aliphatic rings. The van der Waals surface area contributed by atoms with Gasteiger partial charge in [0.2, 0.25) is 0 Å². The monoisotopic (exact) mass is 193 g/mol. The number of anilines is 1. The van der Waals surface area contributed by atoms with E-state index >= 15 is 0 Å². The summed E-state index contributed by atoms with van der Waals surface area (Å²) in [4.78, 5) is 10.7. The van der Waals surface area contributed by atoms with Crippen molar-refractivity contribution in [2.45, 2.75) is 25.8 Å². The summed E-state index contributed by atoms with van der Waals surface area (Å²) >= 11 is 0. The zero-order valence-electron chi connectivity index (χ0n) is 8.35. The number of hydrogen-bond donors (Lipinski definition) is 1. The third kappa shape index (κ3) is 1.85. The van der Waals surface area contributed by atoms with Crippen molar-refractivity contribution in [1.82, 2.24) is 9.97 Å². The van der Waals surface area contributed by atoms with Gasteiger partial charge < -0.3 is 10.0 Å². The first-order chi connectivity index (χ1) is 6.83. The molecule has 1 N–H and O–H groups in total. The van der Waals surface area contributed by atoms with E-state index in [-0.39, 0.29) is 6.61 Å². The maximum absolute atomic E-state index is 8.98. The van der Waals surface area contributed by atoms with Crippen molar-refractivity contribution in [1.29, 1.82) is 0 Å². The molecule has 0 unspecified atom stereocenters. The number of aryl methyl sites for hydroxylation is 1. The topological polar surface area (TPSA) is 49.2 Å². The molecule has 4 nitrogen and oxygen atoms in total. The molecule has 0 spiro atoms. The number of aliphatic hydroxyl groups is 1. The van der Waals surface area contributed by atoms with Crippen LogP contribution in [0.25, 0.3) is 0 Å². The molecule has 0 aliphatic heterocycles. The lowest BCUT2D eigenvalue weighted by Crippen LogP contribution is -2.30. The Labute approximate surface area is 83.6 Å². The molecule has 1 aliphatic carbocycles. The van der Waals surface area contributed by atoms with Crippen LogP contribution in [0.2, 0.25) is 0 Å². The second-order valence-electron chi connectivity index (χ2n) is 3.61. The Bertz CT molecular complexity index is 312. The molecule has 0 amide bonds. The Balaban J connectivity index is 2.21. The molecule has 0 bridgehead atoms. The van der Waals surface area contributed by atoms with Crippen molar-refractivity contribution < 1.29 is 5.11 Å². The Morgan fingerprint density at radius 2 is 2.14 bits per heavy atom. The van der Waals surface area contributed by atoms with Gasteiger partial charge in [0.05, 0.1) is 12.3 Å². The third-order valence-corrected chi connectivity index (χ3v) is 2.46. The standard InChI is InChI=1S/C10H15N3O/c1-8-10(12-5-4-11-8)13(6-7-14)9-2-3-9/h4-5,9,14H,2-3,6-7H2,1H3. The molecule has 14 heavy (non-hydrogen) atoms. The van der Waals surface area contributed by atoms with Gasteiger partial charge in [0.25, 0.3) is 0 Å². The number of aliphatic hydroxyl groups excluding tert-OH is 1. The van der Waals surface area contributed by atoms with E-state index in [0.29, 0.717) is 12.6 Å². The summed E-state index contributed by atoms with van der Waals surface area (Å²) in [6, 6.07) is 0.567. The zero-order chi connectivity index (χ0) is 9.97. The predicted octanol–water partition coefficient (Wildman–Crippen LogP) is 0.746. The summed E-state index contributed by atoms with van der Waals surface area (Å²) < 4.78 is 0. The van der Waals surface area contributed by atoms with Crippen LogP contribution >= 0.6 is 0 Å². The van der Waals surface area contributed by atoms with Gasteiger partial charge >= 0.3 is 0 Å². The van der Waals surface area contributed by atoms with Gasteiger partial charge in [-0.05, 0) is 19.8 Å². The van der Waals surface area contributed by atoms with Gasteiger partial charge in [-0.1, -0.05) is 0 Å². The van der Waals surface area contributed by atoms with E-state index in [9.17, 15) is 0 Å². The van der Waals surface area contributed by atoms with Crippen LogP contribution in [0, 0.1) is 6.92 Å². The number of rotatable bonds is 4. The highest BCUT2D eigenvalue weighted by Gasteiger charge is 2.30. The summed E-state index contributed by atoms with van der Waals surface area (Å²) in [5.41, 5.74) is 0.938. The van der Waals surface area contributed by atoms with Crippen LogP contribution in [-0.4, -0.2) is 34.3 Å². The van der Waals surface area contributed by atoms with Crippen molar-refractivity contribution in [2.24, 2.45) is 0 Å². The minimum Gasteiger partial charge on any atom is -0.395 e. The van der Waals surface area contributed by atoms with Gasteiger partial charge in [-0.25, -0.2) is 4.98 Å². The molecule has 1 aromatic rings. The first-order valence-corrected chi connectivity index (χ1v) is 4.98. The molecule has 76 valence electrons. The molecular formula is C10H15N3O. The second-order valence-corrected chi connectivity index (χ2v) is 3.61. The lowest BCUT2D eigenvalue weighted by Gasteiger charge is -2.23. The number of nitrogens with zero attached hydrogens (tertiary/aromatic N) is 3. The van der Waals surface area contributed by atoms with E-state index < -0.39 is 0 Å². The Hall–Kier alpha value is -1.16. The van der Waals surface area contributed by atoms with Crippen LogP contribution in [0.4, 0.5) is 5.82 Å². The van der Waals surface area contributed by atoms with Crippen LogP contribution < -0.4 is 4.90 Å². The first kappa shape index (κ1) is 9.40. The smallest absolute Gasteiger partial charge is 0.150 e. The van der Waals surface area contributed by atoms with Gasteiger partial charge in [-0.15, -0.1) is 0 Å². The maximum atomic E-state index is 8.98. The Morgan fingerprint density at radius 1 is 1.43 bits per heavy atom. The van der Waals surface area contributed by atoms with Crippen molar-refractivity contribution >= 4 is 5.82 Å². The van der Waals surface area contributed by atoms with Gasteiger partial charge in [0.15, 0.2) is 0 Å². The summed E-state index contributed by atoms with van der Waals surface area (Å²) in [6.07, 6.45) is 5.81. The average molecular weight is 193 g/mol. The van der Waals surface area contributed by atoms with Gasteiger partial charge in [0.1, 0.15) is 5.82 Å². The third-order valence-electron chi connectivity index (χ3n) is 2.46. The van der Waals surface area contributed by atoms with E-state index in [0.717, 1.165) is 11.5 Å². The van der Waals surface area contributed by atoms with Crippen LogP contribution in [0.5, 0.6) is 0 Å². The number of hydrogen-bond acceptors (Lipinski definition) is 4. The van der Waals surface area contributed by atoms with Gasteiger partial charge in [-0.3, -0.25) is 4.98 Å². The van der Waals surface area contributed by atoms with E-state index in [2.05, 4.69) is 14.9 Å². The molecular weight excluding hydrogens is 178 g/mol. The van der Waals surface area contributed by atoms with Crippen LogP contribution in [0.1, 0.15) is 18.5 Å². The number of aromatic nitrogens is 2. The second kappa shape index (κ2) is 3.92. The van der Waals surface area contributed by atoms with Gasteiger partial charge in [-0.2, -0.15) is 0 Å². The molecule has 0 aromatic carbocycles. The molecule has 0 saturated heterocycles. The highest BCUT2D eigenvalue weighted by atomic mass is 16.3. The predicted molar refractivity (Wildman–Crippen MR) is 54.2 cm³/mol. The first-order valence-electron chi connectivity index (χ1n) is 4.98. The van der Waals surface area contributed by atoms with Crippen LogP contribution in [-0.2, 0) is 0 Å². The largest absolute Gasteiger partial charge is 0.395 e. The molecule has 1 fully saturated rings. The highest BCUT2D eigenvalue weighted by Crippen LogP contribution is 2.30. The summed E-state index contributed by atoms with van der Waals surface area (Å²) in [5, 5.41) is 8.98. The zero-order valence-corrected chi connectivity index (χ0v) is 8.35. The normalized spacial score (nSPS) is 15.6. The van der Waals surface area contributed by atoms with E-state index in [1.165, 1.54) is 12.8 Å². The SMILES string of the molecule is Cc1nccnc1N(CCO)C1CC1. The van der Waals surface area contributed by atoms with Crippen LogP contribution in [0.3, 0.4) is 0 Å². The van der Waals surface area contributed by atoms with Crippen molar-refractivity contribution in [3.8, 4) is 0 Å². The quantitative estimate of drug-likeness (QED) is 0.766. The van der Waals surface area contributed by atoms with E-state index in [4.69, 9.17) is 5.11 Å². The average Bonchev–Trinajstić information content (AvgIpc) is 2.99. The summed E-state index contributed by atoms with van der Waals surface area (Å²) in [7, 11) is 0. The minimum absolute atomic E-state index is 0.173. The molecule has 4 heteroatoms. The fourth-order valence-electron chi connectivity index (χ4n) is 1.64. The van der Waals surface area contributed by atoms with E-state index in [1.807, 2.05) is 6.92 Å². The Kier molecular flexibility index (Phi) is 2.63. The molecule has 0 atom stereocenters. The Morgan fingerprint density at radius 3 is 2.71 bits per heavy atom. The highest BCUT2D eigenvalue weighted by molar-refractivity contribution is 5.44. The van der Waals surface area contributed by atoms with Gasteiger partial charge in [0, 0.05) is 25.0 Å². The maximum Gasteiger partial charge on any atom is 0.150 e. The van der Waals surface area contributed by atoms with E-state index in [1.54, 1.807) is 12.4 Å². The lowest BCUT2D eigenvalue weighted by molar-refractivity contribution is 0.301. The lowest BCUT2D eigenvalue weighted by atomic mass is 10.3. The molecule has 1 heterocycles. The molecule has 1 saturated carbocycles. The van der Waals surface area contributed by atoms with Crippen molar-refractivity contribution in [3.63, 3.8) is 0 Å². The molecule has 0 radical (unpaired) electrons. The summed E-state index contributed by atoms with van der Waals surface area (Å²) in [5.74, 6) is 0.920. The molecule has 2 rings (SSSR count). The molecule has 1 aromatic heterocycles. The fourth-order valence-corrected chi connectivity index (χ4v) is 1.64. The van der Waals surface area contributed by atoms with Crippen molar-refractivity contribution in [2.75, 3.05) is 18.1 Å². The summed E-state index contributed by atoms with van der Waals surface area (Å²) in [6.45, 7) is 2.78. The fraction of sp³-hybridized carbons (Fsp3) is 0.600. The van der Waals surface area contributed by atoms with Crippen molar-refractivity contribution in [3.05, 3.63) is 18.1 Å². The van der Waals surface area contributed by atoms with Crippen LogP contribution in [0.15, 0.2) is 12.4 Å².